The number of amides is 2. The minimum Gasteiger partial charge on any atom is -0.480 e. The summed E-state index contributed by atoms with van der Waals surface area (Å²) < 4.78 is 12.9. The first-order chi connectivity index (χ1) is 11.2. The Labute approximate surface area is 139 Å². The Morgan fingerprint density at radius 3 is 2.21 bits per heavy atom. The predicted octanol–water partition coefficient (Wildman–Crippen LogP) is 2.16. The monoisotopic (exact) mass is 336 g/mol. The van der Waals surface area contributed by atoms with E-state index >= 15 is 0 Å². The number of hydrogen-bond acceptors (Lipinski definition) is 3. The molecule has 1 atom stereocenters. The molecular weight excluding hydrogens is 315 g/mol. The van der Waals surface area contributed by atoms with E-state index in [-0.39, 0.29) is 12.3 Å². The van der Waals surface area contributed by atoms with Crippen molar-refractivity contribution in [1.29, 1.82) is 0 Å². The number of carbonyl (C=O) groups excluding carboxylic acids is 2. The first kappa shape index (κ1) is 17.9. The Hall–Kier alpha value is -2.44. The van der Waals surface area contributed by atoms with Gasteiger partial charge in [0.1, 0.15) is 17.3 Å². The number of halogens is 1. The van der Waals surface area contributed by atoms with Gasteiger partial charge in [0.15, 0.2) is 0 Å². The smallest absolute Gasteiger partial charge is 0.326 e. The van der Waals surface area contributed by atoms with Crippen molar-refractivity contribution in [3.8, 4) is 0 Å². The third kappa shape index (κ3) is 4.10. The van der Waals surface area contributed by atoms with Gasteiger partial charge < -0.3 is 15.7 Å². The van der Waals surface area contributed by atoms with E-state index in [1.807, 2.05) is 13.8 Å². The van der Waals surface area contributed by atoms with Crippen molar-refractivity contribution in [3.05, 3.63) is 30.1 Å². The second-order valence-corrected chi connectivity index (χ2v) is 6.54. The van der Waals surface area contributed by atoms with Crippen molar-refractivity contribution in [2.45, 2.75) is 39.2 Å². The molecule has 1 aliphatic rings. The summed E-state index contributed by atoms with van der Waals surface area (Å²) in [6.45, 7) is 3.71. The second-order valence-electron chi connectivity index (χ2n) is 6.54. The van der Waals surface area contributed by atoms with E-state index < -0.39 is 35.1 Å². The second kappa shape index (κ2) is 6.98. The molecule has 0 radical (unpaired) electrons. The van der Waals surface area contributed by atoms with Crippen LogP contribution in [-0.2, 0) is 14.4 Å². The number of benzene rings is 1. The van der Waals surface area contributed by atoms with Gasteiger partial charge in [-0.1, -0.05) is 13.8 Å². The molecule has 0 bridgehead atoms. The molecule has 1 aromatic rings. The molecule has 7 heteroatoms. The molecule has 6 nitrogen and oxygen atoms in total. The molecule has 2 amide bonds. The van der Waals surface area contributed by atoms with Crippen molar-refractivity contribution in [3.63, 3.8) is 0 Å². The highest BCUT2D eigenvalue weighted by Gasteiger charge is 2.57. The fourth-order valence-electron chi connectivity index (χ4n) is 2.46. The number of carboxylic acids is 1. The fraction of sp³-hybridized carbons (Fsp3) is 0.471. The molecule has 1 saturated carbocycles. The van der Waals surface area contributed by atoms with E-state index in [0.717, 1.165) is 0 Å². The Bertz CT molecular complexity index is 638. The van der Waals surface area contributed by atoms with Gasteiger partial charge >= 0.3 is 5.97 Å². The number of anilines is 1. The van der Waals surface area contributed by atoms with Gasteiger partial charge in [-0.25, -0.2) is 9.18 Å². The van der Waals surface area contributed by atoms with Crippen LogP contribution in [0.2, 0.25) is 0 Å². The summed E-state index contributed by atoms with van der Waals surface area (Å²) >= 11 is 0. The van der Waals surface area contributed by atoms with Crippen LogP contribution >= 0.6 is 0 Å². The van der Waals surface area contributed by atoms with Crippen LogP contribution in [0.4, 0.5) is 10.1 Å². The molecule has 2 rings (SSSR count). The number of carbonyl (C=O) groups is 3. The zero-order valence-electron chi connectivity index (χ0n) is 13.6. The summed E-state index contributed by atoms with van der Waals surface area (Å²) in [4.78, 5) is 36.1. The Balaban J connectivity index is 2.03. The quantitative estimate of drug-likeness (QED) is 0.665. The fourth-order valence-corrected chi connectivity index (χ4v) is 2.46. The zero-order valence-corrected chi connectivity index (χ0v) is 13.6. The summed E-state index contributed by atoms with van der Waals surface area (Å²) in [5, 5.41) is 14.3. The van der Waals surface area contributed by atoms with E-state index in [2.05, 4.69) is 10.6 Å². The van der Waals surface area contributed by atoms with Crippen LogP contribution in [0.5, 0.6) is 0 Å². The molecular formula is C17H21FN2O4. The topological polar surface area (TPSA) is 95.5 Å². The van der Waals surface area contributed by atoms with Crippen LogP contribution in [0.1, 0.15) is 33.1 Å². The lowest BCUT2D eigenvalue weighted by Gasteiger charge is -2.20. The molecule has 0 aromatic heterocycles. The van der Waals surface area contributed by atoms with Gasteiger partial charge in [0, 0.05) is 5.69 Å². The Morgan fingerprint density at radius 2 is 1.75 bits per heavy atom. The van der Waals surface area contributed by atoms with Gasteiger partial charge in [-0.15, -0.1) is 0 Å². The molecule has 1 fully saturated rings. The highest BCUT2D eigenvalue weighted by molar-refractivity contribution is 6.13. The van der Waals surface area contributed by atoms with E-state index in [1.165, 1.54) is 24.3 Å². The van der Waals surface area contributed by atoms with Gasteiger partial charge in [-0.3, -0.25) is 9.59 Å². The van der Waals surface area contributed by atoms with Crippen molar-refractivity contribution in [1.82, 2.24) is 5.32 Å². The normalized spacial score (nSPS) is 16.3. The van der Waals surface area contributed by atoms with Crippen LogP contribution in [0.3, 0.4) is 0 Å². The van der Waals surface area contributed by atoms with E-state index in [1.54, 1.807) is 0 Å². The van der Waals surface area contributed by atoms with Crippen LogP contribution in [0.15, 0.2) is 24.3 Å². The third-order valence-electron chi connectivity index (χ3n) is 4.03. The molecule has 0 unspecified atom stereocenters. The highest BCUT2D eigenvalue weighted by Crippen LogP contribution is 2.47. The largest absolute Gasteiger partial charge is 0.480 e. The molecule has 3 N–H and O–H groups in total. The van der Waals surface area contributed by atoms with Crippen LogP contribution in [-0.4, -0.2) is 28.9 Å². The molecule has 1 aromatic carbocycles. The number of rotatable bonds is 7. The summed E-state index contributed by atoms with van der Waals surface area (Å²) in [5.74, 6) is -2.53. The summed E-state index contributed by atoms with van der Waals surface area (Å²) in [6.07, 6.45) is 1.01. The summed E-state index contributed by atoms with van der Waals surface area (Å²) in [7, 11) is 0. The number of nitrogens with one attached hydrogen (secondary N) is 2. The van der Waals surface area contributed by atoms with Crippen molar-refractivity contribution < 1.29 is 23.9 Å². The van der Waals surface area contributed by atoms with Gasteiger partial charge in [-0.2, -0.15) is 0 Å². The standard InChI is InChI=1S/C17H21FN2O4/c1-10(2)9-13(14(21)22)20-16(24)17(7-8-17)15(23)19-12-5-3-11(18)4-6-12/h3-6,10,13H,7-9H2,1-2H3,(H,19,23)(H,20,24)(H,21,22)/t13-/m1/s1. The lowest BCUT2D eigenvalue weighted by molar-refractivity contribution is -0.144. The molecule has 0 spiro atoms. The molecule has 0 aliphatic heterocycles. The van der Waals surface area contributed by atoms with Crippen LogP contribution in [0, 0.1) is 17.2 Å². The minimum atomic E-state index is -1.24. The number of carboxylic acid groups (broad SMARTS) is 1. The van der Waals surface area contributed by atoms with E-state index in [4.69, 9.17) is 0 Å². The Kier molecular flexibility index (Phi) is 5.21. The lowest BCUT2D eigenvalue weighted by atomic mass is 10.0. The van der Waals surface area contributed by atoms with Gasteiger partial charge in [0.2, 0.25) is 11.8 Å². The van der Waals surface area contributed by atoms with Crippen LogP contribution < -0.4 is 10.6 Å². The van der Waals surface area contributed by atoms with E-state index in [9.17, 15) is 23.9 Å². The molecule has 0 saturated heterocycles. The van der Waals surface area contributed by atoms with Crippen molar-refractivity contribution in [2.75, 3.05) is 5.32 Å². The first-order valence-electron chi connectivity index (χ1n) is 7.85. The SMILES string of the molecule is CC(C)C[C@@H](NC(=O)C1(C(=O)Nc2ccc(F)cc2)CC1)C(=O)O. The lowest BCUT2D eigenvalue weighted by Crippen LogP contribution is -2.48. The van der Waals surface area contributed by atoms with E-state index in [0.29, 0.717) is 18.5 Å². The number of hydrogen-bond donors (Lipinski definition) is 3. The highest BCUT2D eigenvalue weighted by atomic mass is 19.1. The molecule has 24 heavy (non-hydrogen) atoms. The summed E-state index contributed by atoms with van der Waals surface area (Å²) in [5.41, 5.74) is -0.851. The summed E-state index contributed by atoms with van der Waals surface area (Å²) in [6, 6.07) is 4.20. The third-order valence-corrected chi connectivity index (χ3v) is 4.03. The van der Waals surface area contributed by atoms with Gasteiger partial charge in [0.25, 0.3) is 0 Å². The predicted molar refractivity (Wildman–Crippen MR) is 85.7 cm³/mol. The molecule has 0 heterocycles. The van der Waals surface area contributed by atoms with Crippen molar-refractivity contribution >= 4 is 23.5 Å². The van der Waals surface area contributed by atoms with Gasteiger partial charge in [0.05, 0.1) is 0 Å². The maximum absolute atomic E-state index is 12.9. The van der Waals surface area contributed by atoms with Crippen LogP contribution in [0.25, 0.3) is 0 Å². The maximum atomic E-state index is 12.9. The molecule has 130 valence electrons. The average Bonchev–Trinajstić information content (AvgIpc) is 3.30. The first-order valence-corrected chi connectivity index (χ1v) is 7.85. The van der Waals surface area contributed by atoms with Crippen molar-refractivity contribution in [2.24, 2.45) is 11.3 Å². The average molecular weight is 336 g/mol. The van der Waals surface area contributed by atoms with Gasteiger partial charge in [-0.05, 0) is 49.4 Å². The molecule has 1 aliphatic carbocycles. The Morgan fingerprint density at radius 1 is 1.17 bits per heavy atom. The number of aliphatic carboxylic acids is 1. The minimum absolute atomic E-state index is 0.0922. The maximum Gasteiger partial charge on any atom is 0.326 e. The zero-order chi connectivity index (χ0) is 17.9.